The first-order valence-corrected chi connectivity index (χ1v) is 8.85. The number of hydrogen-bond acceptors (Lipinski definition) is 5. The molecule has 0 aliphatic rings. The Morgan fingerprint density at radius 3 is 1.85 bits per heavy atom. The number of benzene rings is 2. The van der Waals surface area contributed by atoms with E-state index >= 15 is 0 Å². The Morgan fingerprint density at radius 1 is 0.741 bits per heavy atom. The van der Waals surface area contributed by atoms with E-state index in [0.29, 0.717) is 23.0 Å². The summed E-state index contributed by atoms with van der Waals surface area (Å²) in [5, 5.41) is 2.13. The summed E-state index contributed by atoms with van der Waals surface area (Å²) in [7, 11) is 6.55. The highest BCUT2D eigenvalue weighted by molar-refractivity contribution is 5.99. The standard InChI is InChI=1S/C22H25NO4/c1-7-15-13(2)23-22(14-8-9-18(24-3)19(10-14)25-4)17-12-21(27-6)20(26-5)11-16(15)17/h8-12H,7H2,1-6H3. The largest absolute Gasteiger partial charge is 0.493 e. The number of pyridine rings is 1. The fraction of sp³-hybridized carbons (Fsp3) is 0.318. The molecule has 0 amide bonds. The van der Waals surface area contributed by atoms with Gasteiger partial charge in [0.15, 0.2) is 23.0 Å². The number of fused-ring (bicyclic) bond motifs is 1. The van der Waals surface area contributed by atoms with Crippen molar-refractivity contribution in [2.45, 2.75) is 20.3 Å². The first-order chi connectivity index (χ1) is 13.1. The molecule has 0 spiro atoms. The maximum atomic E-state index is 5.52. The molecular weight excluding hydrogens is 342 g/mol. The molecule has 0 saturated carbocycles. The minimum Gasteiger partial charge on any atom is -0.493 e. The highest BCUT2D eigenvalue weighted by atomic mass is 16.5. The highest BCUT2D eigenvalue weighted by Crippen LogP contribution is 2.40. The van der Waals surface area contributed by atoms with Gasteiger partial charge >= 0.3 is 0 Å². The fourth-order valence-electron chi connectivity index (χ4n) is 3.46. The van der Waals surface area contributed by atoms with E-state index < -0.39 is 0 Å². The fourth-order valence-corrected chi connectivity index (χ4v) is 3.46. The van der Waals surface area contributed by atoms with Crippen molar-refractivity contribution < 1.29 is 18.9 Å². The summed E-state index contributed by atoms with van der Waals surface area (Å²) < 4.78 is 21.9. The Labute approximate surface area is 159 Å². The number of nitrogens with zero attached hydrogens (tertiary/aromatic N) is 1. The topological polar surface area (TPSA) is 49.8 Å². The molecule has 0 unspecified atom stereocenters. The monoisotopic (exact) mass is 367 g/mol. The van der Waals surface area contributed by atoms with E-state index in [4.69, 9.17) is 23.9 Å². The van der Waals surface area contributed by atoms with E-state index in [1.807, 2.05) is 37.3 Å². The maximum Gasteiger partial charge on any atom is 0.161 e. The molecule has 0 aliphatic heterocycles. The third-order valence-corrected chi connectivity index (χ3v) is 4.83. The number of aryl methyl sites for hydroxylation is 2. The average Bonchev–Trinajstić information content (AvgIpc) is 2.71. The summed E-state index contributed by atoms with van der Waals surface area (Å²) in [5.74, 6) is 2.75. The van der Waals surface area contributed by atoms with Gasteiger partial charge in [0.1, 0.15) is 0 Å². The van der Waals surface area contributed by atoms with E-state index in [2.05, 4.69) is 6.92 Å². The van der Waals surface area contributed by atoms with Crippen LogP contribution in [0.2, 0.25) is 0 Å². The molecule has 2 aromatic carbocycles. The third-order valence-electron chi connectivity index (χ3n) is 4.83. The third kappa shape index (κ3) is 3.25. The molecule has 0 N–H and O–H groups in total. The van der Waals surface area contributed by atoms with E-state index in [0.717, 1.165) is 34.1 Å². The predicted octanol–water partition coefficient (Wildman–Crippen LogP) is 4.81. The number of ether oxygens (including phenoxy) is 4. The van der Waals surface area contributed by atoms with E-state index in [1.165, 1.54) is 5.56 Å². The molecule has 1 aromatic heterocycles. The summed E-state index contributed by atoms with van der Waals surface area (Å²) in [6, 6.07) is 9.86. The minimum atomic E-state index is 0.669. The van der Waals surface area contributed by atoms with Crippen LogP contribution in [0.4, 0.5) is 0 Å². The van der Waals surface area contributed by atoms with Crippen molar-refractivity contribution in [3.05, 3.63) is 41.6 Å². The average molecular weight is 367 g/mol. The molecule has 0 saturated heterocycles. The van der Waals surface area contributed by atoms with Crippen molar-refractivity contribution in [3.8, 4) is 34.3 Å². The van der Waals surface area contributed by atoms with Gasteiger partial charge in [0.05, 0.1) is 34.1 Å². The summed E-state index contributed by atoms with van der Waals surface area (Å²) >= 11 is 0. The van der Waals surface area contributed by atoms with Crippen molar-refractivity contribution in [1.82, 2.24) is 4.98 Å². The van der Waals surface area contributed by atoms with Crippen LogP contribution >= 0.6 is 0 Å². The maximum absolute atomic E-state index is 5.52. The molecule has 3 aromatic rings. The zero-order chi connectivity index (χ0) is 19.6. The number of aromatic nitrogens is 1. The Kier molecular flexibility index (Phi) is 5.40. The normalized spacial score (nSPS) is 10.7. The second kappa shape index (κ2) is 7.74. The van der Waals surface area contributed by atoms with Crippen LogP contribution in [-0.2, 0) is 6.42 Å². The molecule has 27 heavy (non-hydrogen) atoms. The van der Waals surface area contributed by atoms with Crippen molar-refractivity contribution in [2.75, 3.05) is 28.4 Å². The number of rotatable bonds is 6. The van der Waals surface area contributed by atoms with Crippen molar-refractivity contribution in [2.24, 2.45) is 0 Å². The van der Waals surface area contributed by atoms with Crippen LogP contribution < -0.4 is 18.9 Å². The summed E-state index contributed by atoms with van der Waals surface area (Å²) in [5.41, 5.74) is 4.04. The molecular formula is C22H25NO4. The second-order valence-electron chi connectivity index (χ2n) is 6.20. The Bertz CT molecular complexity index is 982. The zero-order valence-electron chi connectivity index (χ0n) is 16.7. The van der Waals surface area contributed by atoms with Crippen LogP contribution in [-0.4, -0.2) is 33.4 Å². The lowest BCUT2D eigenvalue weighted by atomic mass is 9.96. The lowest BCUT2D eigenvalue weighted by molar-refractivity contribution is 0.355. The summed E-state index contributed by atoms with van der Waals surface area (Å²) in [6.45, 7) is 4.18. The molecule has 5 heteroatoms. The van der Waals surface area contributed by atoms with E-state index in [1.54, 1.807) is 28.4 Å². The molecule has 0 radical (unpaired) electrons. The minimum absolute atomic E-state index is 0.669. The molecule has 142 valence electrons. The van der Waals surface area contributed by atoms with Crippen LogP contribution in [0, 0.1) is 6.92 Å². The van der Waals surface area contributed by atoms with Gasteiger partial charge in [-0.2, -0.15) is 0 Å². The van der Waals surface area contributed by atoms with E-state index in [-0.39, 0.29) is 0 Å². The smallest absolute Gasteiger partial charge is 0.161 e. The van der Waals surface area contributed by atoms with Crippen molar-refractivity contribution in [1.29, 1.82) is 0 Å². The molecule has 3 rings (SSSR count). The van der Waals surface area contributed by atoms with Crippen LogP contribution in [0.3, 0.4) is 0 Å². The highest BCUT2D eigenvalue weighted by Gasteiger charge is 2.17. The Morgan fingerprint density at radius 2 is 1.30 bits per heavy atom. The molecule has 0 atom stereocenters. The van der Waals surface area contributed by atoms with Crippen LogP contribution in [0.25, 0.3) is 22.0 Å². The Balaban J connectivity index is 2.36. The zero-order valence-corrected chi connectivity index (χ0v) is 16.7. The first kappa shape index (κ1) is 18.8. The summed E-state index contributed by atoms with van der Waals surface area (Å²) in [6.07, 6.45) is 0.886. The SMILES string of the molecule is CCc1c(C)nc(-c2ccc(OC)c(OC)c2)c2cc(OC)c(OC)cc12. The Hall–Kier alpha value is -2.95. The van der Waals surface area contributed by atoms with Gasteiger partial charge in [-0.05, 0) is 54.6 Å². The molecule has 5 nitrogen and oxygen atoms in total. The van der Waals surface area contributed by atoms with Gasteiger partial charge in [-0.1, -0.05) is 6.92 Å². The van der Waals surface area contributed by atoms with Gasteiger partial charge in [0.2, 0.25) is 0 Å². The molecule has 1 heterocycles. The second-order valence-corrected chi connectivity index (χ2v) is 6.20. The lowest BCUT2D eigenvalue weighted by Gasteiger charge is -2.17. The number of hydrogen-bond donors (Lipinski definition) is 0. The van der Waals surface area contributed by atoms with Gasteiger partial charge in [-0.25, -0.2) is 0 Å². The van der Waals surface area contributed by atoms with Gasteiger partial charge in [0, 0.05) is 16.6 Å². The van der Waals surface area contributed by atoms with Crippen LogP contribution in [0.5, 0.6) is 23.0 Å². The first-order valence-electron chi connectivity index (χ1n) is 8.85. The predicted molar refractivity (Wildman–Crippen MR) is 108 cm³/mol. The quantitative estimate of drug-likeness (QED) is 0.626. The van der Waals surface area contributed by atoms with Crippen LogP contribution in [0.15, 0.2) is 30.3 Å². The molecule has 0 bridgehead atoms. The lowest BCUT2D eigenvalue weighted by Crippen LogP contribution is -2.00. The van der Waals surface area contributed by atoms with E-state index in [9.17, 15) is 0 Å². The molecule has 0 fully saturated rings. The van der Waals surface area contributed by atoms with Crippen LogP contribution in [0.1, 0.15) is 18.2 Å². The van der Waals surface area contributed by atoms with Crippen molar-refractivity contribution in [3.63, 3.8) is 0 Å². The molecule has 0 aliphatic carbocycles. The number of methoxy groups -OCH3 is 4. The van der Waals surface area contributed by atoms with Crippen molar-refractivity contribution >= 4 is 10.8 Å². The van der Waals surface area contributed by atoms with Gasteiger partial charge < -0.3 is 18.9 Å². The van der Waals surface area contributed by atoms with Gasteiger partial charge in [-0.3, -0.25) is 4.98 Å². The summed E-state index contributed by atoms with van der Waals surface area (Å²) in [4.78, 5) is 4.91. The van der Waals surface area contributed by atoms with Gasteiger partial charge in [-0.15, -0.1) is 0 Å². The van der Waals surface area contributed by atoms with Gasteiger partial charge in [0.25, 0.3) is 0 Å².